The van der Waals surface area contributed by atoms with Crippen LogP contribution in [-0.2, 0) is 18.4 Å². The summed E-state index contributed by atoms with van der Waals surface area (Å²) in [5, 5.41) is 0.819. The van der Waals surface area contributed by atoms with E-state index in [4.69, 9.17) is 22.1 Å². The number of nitrogens with two attached hydrogens (primary N) is 1. The predicted molar refractivity (Wildman–Crippen MR) is 83.7 cm³/mol. The van der Waals surface area contributed by atoms with Gasteiger partial charge >= 0.3 is 0 Å². The van der Waals surface area contributed by atoms with Gasteiger partial charge in [0.1, 0.15) is 5.75 Å². The van der Waals surface area contributed by atoms with Crippen LogP contribution in [0.5, 0.6) is 5.75 Å². The van der Waals surface area contributed by atoms with Gasteiger partial charge in [-0.05, 0) is 62.1 Å². The molecule has 2 N–H and O–H groups in total. The van der Waals surface area contributed by atoms with Crippen molar-refractivity contribution in [3.05, 3.63) is 27.3 Å². The van der Waals surface area contributed by atoms with Gasteiger partial charge in [0, 0.05) is 11.1 Å². The molecule has 2 nitrogen and oxygen atoms in total. The first kappa shape index (κ1) is 14.2. The van der Waals surface area contributed by atoms with Crippen molar-refractivity contribution in [3.8, 4) is 5.75 Å². The van der Waals surface area contributed by atoms with Gasteiger partial charge in [0.05, 0.1) is 12.1 Å². The number of ether oxygens (including phenoxy) is 1. The highest BCUT2D eigenvalue weighted by atomic mass is 35.5. The SMILES string of the molecule is COc1c(Cl)c2c(c(C)c1C1(N)CCCC1)CCCC2. The Morgan fingerprint density at radius 2 is 1.65 bits per heavy atom. The Bertz CT molecular complexity index is 533. The molecule has 2 aliphatic rings. The maximum atomic E-state index is 6.72. The fourth-order valence-corrected chi connectivity index (χ4v) is 4.56. The van der Waals surface area contributed by atoms with E-state index in [1.807, 2.05) is 0 Å². The summed E-state index contributed by atoms with van der Waals surface area (Å²) < 4.78 is 5.69. The summed E-state index contributed by atoms with van der Waals surface area (Å²) >= 11 is 6.66. The van der Waals surface area contributed by atoms with Gasteiger partial charge in [0.2, 0.25) is 0 Å². The third-order valence-corrected chi connectivity index (χ3v) is 5.58. The van der Waals surface area contributed by atoms with Crippen LogP contribution in [0.1, 0.15) is 60.8 Å². The summed E-state index contributed by atoms with van der Waals surface area (Å²) in [5.74, 6) is 0.842. The number of methoxy groups -OCH3 is 1. The van der Waals surface area contributed by atoms with Gasteiger partial charge in [-0.3, -0.25) is 0 Å². The second-order valence-corrected chi connectivity index (χ2v) is 6.75. The molecular weight excluding hydrogens is 270 g/mol. The Morgan fingerprint density at radius 1 is 1.05 bits per heavy atom. The monoisotopic (exact) mass is 293 g/mol. The molecule has 0 heterocycles. The van der Waals surface area contributed by atoms with Crippen molar-refractivity contribution in [2.24, 2.45) is 5.73 Å². The number of hydrogen-bond acceptors (Lipinski definition) is 2. The van der Waals surface area contributed by atoms with Crippen molar-refractivity contribution < 1.29 is 4.74 Å². The molecule has 1 saturated carbocycles. The molecule has 1 aromatic carbocycles. The van der Waals surface area contributed by atoms with Crippen molar-refractivity contribution in [1.82, 2.24) is 0 Å². The van der Waals surface area contributed by atoms with Crippen LogP contribution >= 0.6 is 11.6 Å². The molecular formula is C17H24ClNO. The number of halogens is 1. The lowest BCUT2D eigenvalue weighted by molar-refractivity contribution is 0.376. The standard InChI is InChI=1S/C17H24ClNO/c1-11-12-7-3-4-8-13(12)15(18)16(20-2)14(11)17(19)9-5-6-10-17/h3-10,19H2,1-2H3. The number of fused-ring (bicyclic) bond motifs is 1. The van der Waals surface area contributed by atoms with Gasteiger partial charge < -0.3 is 10.5 Å². The van der Waals surface area contributed by atoms with Crippen LogP contribution in [0.2, 0.25) is 5.02 Å². The lowest BCUT2D eigenvalue weighted by atomic mass is 9.79. The highest BCUT2D eigenvalue weighted by molar-refractivity contribution is 6.33. The fourth-order valence-electron chi connectivity index (χ4n) is 4.18. The minimum atomic E-state index is -0.245. The zero-order chi connectivity index (χ0) is 14.3. The summed E-state index contributed by atoms with van der Waals surface area (Å²) in [6, 6.07) is 0. The highest BCUT2D eigenvalue weighted by Crippen LogP contribution is 2.48. The van der Waals surface area contributed by atoms with E-state index in [1.54, 1.807) is 7.11 Å². The van der Waals surface area contributed by atoms with Gasteiger partial charge in [-0.2, -0.15) is 0 Å². The van der Waals surface area contributed by atoms with Crippen LogP contribution in [0.25, 0.3) is 0 Å². The first-order valence-electron chi connectivity index (χ1n) is 7.75. The largest absolute Gasteiger partial charge is 0.495 e. The van der Waals surface area contributed by atoms with E-state index in [1.165, 1.54) is 47.9 Å². The molecule has 0 atom stereocenters. The average Bonchev–Trinajstić information content (AvgIpc) is 2.90. The summed E-state index contributed by atoms with van der Waals surface area (Å²) in [6.07, 6.45) is 9.17. The maximum Gasteiger partial charge on any atom is 0.143 e. The molecule has 0 aliphatic heterocycles. The van der Waals surface area contributed by atoms with Crippen LogP contribution in [0.3, 0.4) is 0 Å². The van der Waals surface area contributed by atoms with Crippen molar-refractivity contribution in [2.75, 3.05) is 7.11 Å². The van der Waals surface area contributed by atoms with Crippen molar-refractivity contribution in [3.63, 3.8) is 0 Å². The smallest absolute Gasteiger partial charge is 0.143 e. The number of benzene rings is 1. The van der Waals surface area contributed by atoms with E-state index in [-0.39, 0.29) is 5.54 Å². The minimum absolute atomic E-state index is 0.245. The lowest BCUT2D eigenvalue weighted by Crippen LogP contribution is -2.35. The Morgan fingerprint density at radius 3 is 2.25 bits per heavy atom. The van der Waals surface area contributed by atoms with Crippen LogP contribution < -0.4 is 10.5 Å². The van der Waals surface area contributed by atoms with E-state index in [9.17, 15) is 0 Å². The van der Waals surface area contributed by atoms with Crippen molar-refractivity contribution >= 4 is 11.6 Å². The molecule has 110 valence electrons. The van der Waals surface area contributed by atoms with E-state index in [0.29, 0.717) is 0 Å². The first-order chi connectivity index (χ1) is 9.58. The third kappa shape index (κ3) is 2.05. The minimum Gasteiger partial charge on any atom is -0.495 e. The number of rotatable bonds is 2. The Balaban J connectivity index is 2.25. The molecule has 0 saturated heterocycles. The molecule has 20 heavy (non-hydrogen) atoms. The quantitative estimate of drug-likeness (QED) is 0.884. The van der Waals surface area contributed by atoms with E-state index >= 15 is 0 Å². The maximum absolute atomic E-state index is 6.72. The molecule has 1 fully saturated rings. The topological polar surface area (TPSA) is 35.2 Å². The molecule has 0 aromatic heterocycles. The third-order valence-electron chi connectivity index (χ3n) is 5.18. The molecule has 0 bridgehead atoms. The van der Waals surface area contributed by atoms with Gasteiger partial charge in [0.25, 0.3) is 0 Å². The second-order valence-electron chi connectivity index (χ2n) is 6.37. The molecule has 0 unspecified atom stereocenters. The van der Waals surface area contributed by atoms with Gasteiger partial charge in [-0.15, -0.1) is 0 Å². The summed E-state index contributed by atoms with van der Waals surface area (Å²) in [6.45, 7) is 2.21. The molecule has 2 aliphatic carbocycles. The Kier molecular flexibility index (Phi) is 3.72. The van der Waals surface area contributed by atoms with Crippen LogP contribution in [0, 0.1) is 6.92 Å². The van der Waals surface area contributed by atoms with Crippen LogP contribution in [0.15, 0.2) is 0 Å². The predicted octanol–water partition coefficient (Wildman–Crippen LogP) is 4.26. The molecule has 0 spiro atoms. The Labute approximate surface area is 126 Å². The zero-order valence-corrected chi connectivity index (χ0v) is 13.3. The number of hydrogen-bond donors (Lipinski definition) is 1. The van der Waals surface area contributed by atoms with Gasteiger partial charge in [-0.25, -0.2) is 0 Å². The van der Waals surface area contributed by atoms with E-state index in [2.05, 4.69) is 6.92 Å². The average molecular weight is 294 g/mol. The second kappa shape index (κ2) is 5.23. The molecule has 3 rings (SSSR count). The van der Waals surface area contributed by atoms with Crippen LogP contribution in [0.4, 0.5) is 0 Å². The Hall–Kier alpha value is -0.730. The summed E-state index contributed by atoms with van der Waals surface area (Å²) in [5.41, 5.74) is 11.7. The molecule has 1 aromatic rings. The lowest BCUT2D eigenvalue weighted by Gasteiger charge is -2.32. The van der Waals surface area contributed by atoms with Crippen molar-refractivity contribution in [2.45, 2.75) is 63.8 Å². The summed E-state index contributed by atoms with van der Waals surface area (Å²) in [7, 11) is 1.72. The highest BCUT2D eigenvalue weighted by Gasteiger charge is 2.38. The normalized spacial score (nSPS) is 20.8. The summed E-state index contributed by atoms with van der Waals surface area (Å²) in [4.78, 5) is 0. The van der Waals surface area contributed by atoms with Crippen molar-refractivity contribution in [1.29, 1.82) is 0 Å². The van der Waals surface area contributed by atoms with Gasteiger partial charge in [-0.1, -0.05) is 24.4 Å². The van der Waals surface area contributed by atoms with E-state index < -0.39 is 0 Å². The van der Waals surface area contributed by atoms with Crippen LogP contribution in [-0.4, -0.2) is 7.11 Å². The molecule has 3 heteroatoms. The zero-order valence-electron chi connectivity index (χ0n) is 12.5. The molecule has 0 amide bonds. The fraction of sp³-hybridized carbons (Fsp3) is 0.647. The van der Waals surface area contributed by atoms with E-state index in [0.717, 1.165) is 36.5 Å². The first-order valence-corrected chi connectivity index (χ1v) is 8.13. The molecule has 0 radical (unpaired) electrons. The van der Waals surface area contributed by atoms with Gasteiger partial charge in [0.15, 0.2) is 0 Å².